The Morgan fingerprint density at radius 2 is 1.86 bits per heavy atom. The summed E-state index contributed by atoms with van der Waals surface area (Å²) < 4.78 is 25.7. The number of hydrogen-bond acceptors (Lipinski definition) is 4. The summed E-state index contributed by atoms with van der Waals surface area (Å²) >= 11 is 0. The molecule has 21 heavy (non-hydrogen) atoms. The lowest BCUT2D eigenvalue weighted by Crippen LogP contribution is -2.19. The lowest BCUT2D eigenvalue weighted by Gasteiger charge is -2.19. The van der Waals surface area contributed by atoms with Gasteiger partial charge in [0, 0.05) is 6.04 Å². The second kappa shape index (κ2) is 6.13. The van der Waals surface area contributed by atoms with Crippen LogP contribution in [-0.4, -0.2) is 24.0 Å². The van der Waals surface area contributed by atoms with Gasteiger partial charge >= 0.3 is 0 Å². The van der Waals surface area contributed by atoms with Crippen molar-refractivity contribution in [3.05, 3.63) is 41.5 Å². The smallest absolute Gasteiger partial charge is 0.165 e. The van der Waals surface area contributed by atoms with E-state index >= 15 is 0 Å². The fourth-order valence-electron chi connectivity index (χ4n) is 2.25. The molecule has 0 saturated heterocycles. The Hall–Kier alpha value is -2.08. The molecular formula is C15H20FN3O2. The van der Waals surface area contributed by atoms with E-state index in [-0.39, 0.29) is 11.8 Å². The van der Waals surface area contributed by atoms with Crippen LogP contribution in [0.2, 0.25) is 0 Å². The SMILES string of the molecule is COc1cc(C(N)c2c(OC)cnn2C(C)C)ccc1F. The van der Waals surface area contributed by atoms with Crippen molar-refractivity contribution in [2.24, 2.45) is 5.73 Å². The van der Waals surface area contributed by atoms with Gasteiger partial charge in [-0.25, -0.2) is 4.39 Å². The van der Waals surface area contributed by atoms with Crippen LogP contribution in [0, 0.1) is 5.82 Å². The molecule has 0 spiro atoms. The van der Waals surface area contributed by atoms with Crippen molar-refractivity contribution in [1.29, 1.82) is 0 Å². The van der Waals surface area contributed by atoms with Gasteiger partial charge in [-0.1, -0.05) is 6.07 Å². The maximum absolute atomic E-state index is 13.5. The molecule has 114 valence electrons. The van der Waals surface area contributed by atoms with Crippen molar-refractivity contribution >= 4 is 0 Å². The molecule has 0 aliphatic carbocycles. The second-order valence-corrected chi connectivity index (χ2v) is 5.01. The van der Waals surface area contributed by atoms with Crippen LogP contribution < -0.4 is 15.2 Å². The summed E-state index contributed by atoms with van der Waals surface area (Å²) in [5.41, 5.74) is 7.81. The molecule has 1 atom stereocenters. The van der Waals surface area contributed by atoms with Crippen LogP contribution in [0.25, 0.3) is 0 Å². The van der Waals surface area contributed by atoms with Crippen molar-refractivity contribution < 1.29 is 13.9 Å². The Bertz CT molecular complexity index is 625. The zero-order valence-electron chi connectivity index (χ0n) is 12.6. The molecule has 0 fully saturated rings. The van der Waals surface area contributed by atoms with Crippen molar-refractivity contribution in [2.75, 3.05) is 14.2 Å². The monoisotopic (exact) mass is 293 g/mol. The van der Waals surface area contributed by atoms with Crippen molar-refractivity contribution in [2.45, 2.75) is 25.9 Å². The molecule has 0 bridgehead atoms. The molecule has 2 N–H and O–H groups in total. The van der Waals surface area contributed by atoms with Gasteiger partial charge in [0.15, 0.2) is 17.3 Å². The molecule has 1 aromatic carbocycles. The third-order valence-corrected chi connectivity index (χ3v) is 3.34. The van der Waals surface area contributed by atoms with Crippen molar-refractivity contribution in [1.82, 2.24) is 9.78 Å². The topological polar surface area (TPSA) is 62.3 Å². The Labute approximate surface area is 123 Å². The number of ether oxygens (including phenoxy) is 2. The largest absolute Gasteiger partial charge is 0.494 e. The predicted octanol–water partition coefficient (Wildman–Crippen LogP) is 2.67. The van der Waals surface area contributed by atoms with Gasteiger partial charge in [-0.15, -0.1) is 0 Å². The van der Waals surface area contributed by atoms with Gasteiger partial charge in [0.1, 0.15) is 5.69 Å². The highest BCUT2D eigenvalue weighted by Gasteiger charge is 2.22. The van der Waals surface area contributed by atoms with E-state index in [9.17, 15) is 4.39 Å². The molecule has 1 aromatic heterocycles. The first-order valence-electron chi connectivity index (χ1n) is 6.70. The van der Waals surface area contributed by atoms with Crippen LogP contribution in [0.4, 0.5) is 4.39 Å². The number of rotatable bonds is 5. The van der Waals surface area contributed by atoms with Gasteiger partial charge in [0.05, 0.1) is 26.5 Å². The summed E-state index contributed by atoms with van der Waals surface area (Å²) in [7, 11) is 3.00. The fraction of sp³-hybridized carbons (Fsp3) is 0.400. The quantitative estimate of drug-likeness (QED) is 0.920. The molecule has 5 nitrogen and oxygen atoms in total. The number of nitrogens with two attached hydrogens (primary N) is 1. The molecule has 2 rings (SSSR count). The van der Waals surface area contributed by atoms with Crippen LogP contribution in [0.3, 0.4) is 0 Å². The summed E-state index contributed by atoms with van der Waals surface area (Å²) in [4.78, 5) is 0. The zero-order chi connectivity index (χ0) is 15.6. The van der Waals surface area contributed by atoms with E-state index < -0.39 is 11.9 Å². The highest BCUT2D eigenvalue weighted by Crippen LogP contribution is 2.32. The lowest BCUT2D eigenvalue weighted by atomic mass is 10.0. The average molecular weight is 293 g/mol. The van der Waals surface area contributed by atoms with Crippen LogP contribution in [0.1, 0.15) is 37.2 Å². The van der Waals surface area contributed by atoms with E-state index in [1.54, 1.807) is 30.1 Å². The number of hydrogen-bond donors (Lipinski definition) is 1. The highest BCUT2D eigenvalue weighted by atomic mass is 19.1. The van der Waals surface area contributed by atoms with E-state index in [1.807, 2.05) is 13.8 Å². The molecule has 0 amide bonds. The van der Waals surface area contributed by atoms with Crippen LogP contribution in [0.5, 0.6) is 11.5 Å². The number of nitrogens with zero attached hydrogens (tertiary/aromatic N) is 2. The van der Waals surface area contributed by atoms with Crippen molar-refractivity contribution in [3.8, 4) is 11.5 Å². The average Bonchev–Trinajstić information content (AvgIpc) is 2.91. The first kappa shape index (κ1) is 15.3. The normalized spacial score (nSPS) is 12.5. The molecule has 0 aliphatic rings. The second-order valence-electron chi connectivity index (χ2n) is 5.01. The van der Waals surface area contributed by atoms with E-state index in [4.69, 9.17) is 15.2 Å². The fourth-order valence-corrected chi connectivity index (χ4v) is 2.25. The summed E-state index contributed by atoms with van der Waals surface area (Å²) in [6.07, 6.45) is 1.63. The standard InChI is InChI=1S/C15H20FN3O2/c1-9(2)19-15(13(21-4)8-18-19)14(17)10-5-6-11(16)12(7-10)20-3/h5-9,14H,17H2,1-4H3. The molecular weight excluding hydrogens is 273 g/mol. The molecule has 1 heterocycles. The summed E-state index contributed by atoms with van der Waals surface area (Å²) in [6, 6.07) is 4.23. The maximum atomic E-state index is 13.5. The number of methoxy groups -OCH3 is 2. The van der Waals surface area contributed by atoms with Crippen molar-refractivity contribution in [3.63, 3.8) is 0 Å². The molecule has 1 unspecified atom stereocenters. The minimum absolute atomic E-state index is 0.136. The predicted molar refractivity (Wildman–Crippen MR) is 78.1 cm³/mol. The minimum Gasteiger partial charge on any atom is -0.494 e. The van der Waals surface area contributed by atoms with Crippen LogP contribution in [-0.2, 0) is 0 Å². The van der Waals surface area contributed by atoms with E-state index in [2.05, 4.69) is 5.10 Å². The third-order valence-electron chi connectivity index (χ3n) is 3.34. The van der Waals surface area contributed by atoms with E-state index in [1.165, 1.54) is 13.2 Å². The highest BCUT2D eigenvalue weighted by molar-refractivity contribution is 5.40. The Kier molecular flexibility index (Phi) is 4.47. The van der Waals surface area contributed by atoms with Gasteiger partial charge < -0.3 is 15.2 Å². The number of benzene rings is 1. The van der Waals surface area contributed by atoms with Gasteiger partial charge in [-0.05, 0) is 31.5 Å². The lowest BCUT2D eigenvalue weighted by molar-refractivity contribution is 0.384. The van der Waals surface area contributed by atoms with E-state index in [0.29, 0.717) is 5.75 Å². The first-order valence-corrected chi connectivity index (χ1v) is 6.70. The van der Waals surface area contributed by atoms with Gasteiger partial charge in [0.2, 0.25) is 0 Å². The number of aromatic nitrogens is 2. The first-order chi connectivity index (χ1) is 9.99. The molecule has 2 aromatic rings. The van der Waals surface area contributed by atoms with Gasteiger partial charge in [-0.3, -0.25) is 4.68 Å². The molecule has 0 saturated carbocycles. The molecule has 0 aliphatic heterocycles. The molecule has 0 radical (unpaired) electrons. The van der Waals surface area contributed by atoms with Gasteiger partial charge in [-0.2, -0.15) is 5.10 Å². The zero-order valence-corrected chi connectivity index (χ0v) is 12.6. The van der Waals surface area contributed by atoms with Gasteiger partial charge in [0.25, 0.3) is 0 Å². The summed E-state index contributed by atoms with van der Waals surface area (Å²) in [5, 5.41) is 4.30. The van der Waals surface area contributed by atoms with Crippen LogP contribution in [0.15, 0.2) is 24.4 Å². The molecule has 6 heteroatoms. The van der Waals surface area contributed by atoms with Crippen LogP contribution >= 0.6 is 0 Å². The maximum Gasteiger partial charge on any atom is 0.165 e. The Morgan fingerprint density at radius 1 is 1.19 bits per heavy atom. The minimum atomic E-state index is -0.487. The Balaban J connectivity index is 2.48. The Morgan fingerprint density at radius 3 is 2.43 bits per heavy atom. The summed E-state index contributed by atoms with van der Waals surface area (Å²) in [6.45, 7) is 4.02. The number of halogens is 1. The third kappa shape index (κ3) is 2.85. The summed E-state index contributed by atoms with van der Waals surface area (Å²) in [5.74, 6) is 0.356. The van der Waals surface area contributed by atoms with E-state index in [0.717, 1.165) is 11.3 Å².